The fraction of sp³-hybridized carbons (Fsp3) is 0.600. The Morgan fingerprint density at radius 1 is 0.750 bits per heavy atom. The zero-order chi connectivity index (χ0) is 14.5. The molecule has 0 heterocycles. The Balaban J connectivity index is 2.11. The lowest BCUT2D eigenvalue weighted by Crippen LogP contribution is -1.89. The molecule has 0 aliphatic carbocycles. The van der Waals surface area contributed by atoms with Gasteiger partial charge in [0.05, 0.1) is 0 Å². The average molecular weight is 272 g/mol. The number of rotatable bonds is 11. The van der Waals surface area contributed by atoms with Crippen molar-refractivity contribution in [1.82, 2.24) is 0 Å². The molecule has 0 aliphatic rings. The molecule has 0 saturated heterocycles. The van der Waals surface area contributed by atoms with Gasteiger partial charge in [0.25, 0.3) is 0 Å². The molecule has 0 amide bonds. The number of hydrogen-bond acceptors (Lipinski definition) is 0. The highest BCUT2D eigenvalue weighted by Crippen LogP contribution is 2.12. The summed E-state index contributed by atoms with van der Waals surface area (Å²) in [7, 11) is 0. The van der Waals surface area contributed by atoms with E-state index in [9.17, 15) is 0 Å². The molecule has 0 aromatic heterocycles. The summed E-state index contributed by atoms with van der Waals surface area (Å²) in [5.74, 6) is 0. The molecular weight excluding hydrogens is 240 g/mol. The molecule has 0 nitrogen and oxygen atoms in total. The van der Waals surface area contributed by atoms with Gasteiger partial charge in [-0.25, -0.2) is 0 Å². The van der Waals surface area contributed by atoms with Crippen molar-refractivity contribution in [3.8, 4) is 0 Å². The summed E-state index contributed by atoms with van der Waals surface area (Å²) < 4.78 is 0. The molecule has 1 aromatic carbocycles. The summed E-state index contributed by atoms with van der Waals surface area (Å²) in [6.45, 7) is 4.37. The van der Waals surface area contributed by atoms with Crippen molar-refractivity contribution < 1.29 is 0 Å². The predicted molar refractivity (Wildman–Crippen MR) is 91.3 cm³/mol. The SMILES string of the molecule is CC=CCCc1ccc(CCCCCCCCC)cc1. The van der Waals surface area contributed by atoms with Crippen LogP contribution in [0.4, 0.5) is 0 Å². The van der Waals surface area contributed by atoms with Crippen LogP contribution in [-0.4, -0.2) is 0 Å². The van der Waals surface area contributed by atoms with E-state index in [-0.39, 0.29) is 0 Å². The van der Waals surface area contributed by atoms with Gasteiger partial charge in [0.2, 0.25) is 0 Å². The van der Waals surface area contributed by atoms with Gasteiger partial charge in [0, 0.05) is 0 Å². The van der Waals surface area contributed by atoms with Gasteiger partial charge in [-0.3, -0.25) is 0 Å². The average Bonchev–Trinajstić information content (AvgIpc) is 2.48. The van der Waals surface area contributed by atoms with E-state index in [0.29, 0.717) is 0 Å². The normalized spacial score (nSPS) is 11.3. The second kappa shape index (κ2) is 11.8. The minimum atomic E-state index is 1.16. The summed E-state index contributed by atoms with van der Waals surface area (Å²) in [5, 5.41) is 0. The third-order valence-corrected chi connectivity index (χ3v) is 3.93. The number of allylic oxidation sites excluding steroid dienone is 2. The van der Waals surface area contributed by atoms with E-state index in [4.69, 9.17) is 0 Å². The second-order valence-electron chi connectivity index (χ2n) is 5.80. The van der Waals surface area contributed by atoms with E-state index in [0.717, 1.165) is 6.42 Å². The molecule has 1 aromatic rings. The Labute approximate surface area is 126 Å². The van der Waals surface area contributed by atoms with Crippen LogP contribution in [0.15, 0.2) is 36.4 Å². The smallest absolute Gasteiger partial charge is 0.0244 e. The van der Waals surface area contributed by atoms with Gasteiger partial charge in [-0.05, 0) is 43.7 Å². The molecule has 0 aliphatic heterocycles. The lowest BCUT2D eigenvalue weighted by molar-refractivity contribution is 0.589. The first-order valence-corrected chi connectivity index (χ1v) is 8.55. The van der Waals surface area contributed by atoms with Crippen LogP contribution in [0, 0.1) is 0 Å². The van der Waals surface area contributed by atoms with E-state index in [1.165, 1.54) is 68.9 Å². The molecule has 0 radical (unpaired) electrons. The predicted octanol–water partition coefficient (Wildman–Crippen LogP) is 6.49. The molecule has 20 heavy (non-hydrogen) atoms. The van der Waals surface area contributed by atoms with Crippen LogP contribution in [0.5, 0.6) is 0 Å². The first-order valence-electron chi connectivity index (χ1n) is 8.55. The van der Waals surface area contributed by atoms with Crippen LogP contribution in [0.1, 0.15) is 76.3 Å². The molecule has 0 bridgehead atoms. The molecule has 0 unspecified atom stereocenters. The van der Waals surface area contributed by atoms with E-state index in [2.05, 4.69) is 50.3 Å². The molecule has 1 rings (SSSR count). The molecule has 112 valence electrons. The van der Waals surface area contributed by atoms with Gasteiger partial charge >= 0.3 is 0 Å². The van der Waals surface area contributed by atoms with Gasteiger partial charge in [-0.15, -0.1) is 0 Å². The van der Waals surface area contributed by atoms with Crippen molar-refractivity contribution in [2.45, 2.75) is 78.1 Å². The van der Waals surface area contributed by atoms with Crippen LogP contribution in [0.2, 0.25) is 0 Å². The molecule has 0 N–H and O–H groups in total. The number of hydrogen-bond donors (Lipinski definition) is 0. The molecule has 0 spiro atoms. The lowest BCUT2D eigenvalue weighted by Gasteiger charge is -2.04. The van der Waals surface area contributed by atoms with Crippen molar-refractivity contribution in [2.24, 2.45) is 0 Å². The van der Waals surface area contributed by atoms with Gasteiger partial charge in [0.1, 0.15) is 0 Å². The molecular formula is C20H32. The third-order valence-electron chi connectivity index (χ3n) is 3.93. The van der Waals surface area contributed by atoms with Crippen molar-refractivity contribution in [1.29, 1.82) is 0 Å². The maximum Gasteiger partial charge on any atom is -0.0244 e. The summed E-state index contributed by atoms with van der Waals surface area (Å²) in [4.78, 5) is 0. The van der Waals surface area contributed by atoms with Gasteiger partial charge in [-0.1, -0.05) is 81.9 Å². The molecule has 0 fully saturated rings. The fourth-order valence-electron chi connectivity index (χ4n) is 2.58. The highest BCUT2D eigenvalue weighted by atomic mass is 14.0. The standard InChI is InChI=1S/C20H32/c1-3-5-7-8-9-10-12-14-20-17-15-19(16-18-20)13-11-6-4-2/h4,6,15-18H,3,5,7-14H2,1-2H3. The Kier molecular flexibility index (Phi) is 10.0. The molecule has 0 atom stereocenters. The minimum Gasteiger partial charge on any atom is -0.0917 e. The number of benzene rings is 1. The van der Waals surface area contributed by atoms with Gasteiger partial charge < -0.3 is 0 Å². The topological polar surface area (TPSA) is 0 Å². The van der Waals surface area contributed by atoms with Crippen molar-refractivity contribution in [2.75, 3.05) is 0 Å². The summed E-state index contributed by atoms with van der Waals surface area (Å²) in [6, 6.07) is 9.25. The zero-order valence-electron chi connectivity index (χ0n) is 13.5. The van der Waals surface area contributed by atoms with Crippen LogP contribution < -0.4 is 0 Å². The summed E-state index contributed by atoms with van der Waals surface area (Å²) >= 11 is 0. The monoisotopic (exact) mass is 272 g/mol. The van der Waals surface area contributed by atoms with Crippen molar-refractivity contribution in [3.63, 3.8) is 0 Å². The highest BCUT2D eigenvalue weighted by Gasteiger charge is 1.96. The maximum atomic E-state index is 2.32. The Morgan fingerprint density at radius 2 is 1.30 bits per heavy atom. The highest BCUT2D eigenvalue weighted by molar-refractivity contribution is 5.23. The second-order valence-corrected chi connectivity index (χ2v) is 5.80. The van der Waals surface area contributed by atoms with E-state index in [1.54, 1.807) is 0 Å². The van der Waals surface area contributed by atoms with Gasteiger partial charge in [0.15, 0.2) is 0 Å². The van der Waals surface area contributed by atoms with E-state index in [1.807, 2.05) is 0 Å². The summed E-state index contributed by atoms with van der Waals surface area (Å²) in [5.41, 5.74) is 2.97. The van der Waals surface area contributed by atoms with Crippen LogP contribution in [-0.2, 0) is 12.8 Å². The van der Waals surface area contributed by atoms with Crippen LogP contribution in [0.3, 0.4) is 0 Å². The van der Waals surface area contributed by atoms with E-state index >= 15 is 0 Å². The van der Waals surface area contributed by atoms with Crippen LogP contribution in [0.25, 0.3) is 0 Å². The third kappa shape index (κ3) is 8.19. The quantitative estimate of drug-likeness (QED) is 0.319. The first-order chi connectivity index (χ1) is 9.86. The number of aryl methyl sites for hydroxylation is 2. The molecule has 0 saturated carbocycles. The Bertz CT molecular complexity index is 345. The molecule has 0 heteroatoms. The first kappa shape index (κ1) is 17.0. The fourth-order valence-corrected chi connectivity index (χ4v) is 2.58. The number of unbranched alkanes of at least 4 members (excludes halogenated alkanes) is 6. The minimum absolute atomic E-state index is 1.16. The summed E-state index contributed by atoms with van der Waals surface area (Å²) in [6.07, 6.45) is 17.7. The Morgan fingerprint density at radius 3 is 1.90 bits per heavy atom. The maximum absolute atomic E-state index is 2.32. The van der Waals surface area contributed by atoms with Crippen molar-refractivity contribution >= 4 is 0 Å². The van der Waals surface area contributed by atoms with Crippen molar-refractivity contribution in [3.05, 3.63) is 47.5 Å². The van der Waals surface area contributed by atoms with Gasteiger partial charge in [-0.2, -0.15) is 0 Å². The lowest BCUT2D eigenvalue weighted by atomic mass is 10.0. The zero-order valence-corrected chi connectivity index (χ0v) is 13.5. The Hall–Kier alpha value is -1.04. The van der Waals surface area contributed by atoms with E-state index < -0.39 is 0 Å². The largest absolute Gasteiger partial charge is 0.0917 e. The van der Waals surface area contributed by atoms with Crippen LogP contribution >= 0.6 is 0 Å².